The van der Waals surface area contributed by atoms with Crippen LogP contribution < -0.4 is 11.1 Å². The molecule has 0 spiro atoms. The Labute approximate surface area is 97.9 Å². The number of hydrogen-bond donors (Lipinski definition) is 3. The molecular weight excluding hydrogens is 204 g/mol. The van der Waals surface area contributed by atoms with Crippen LogP contribution in [0.4, 0.5) is 0 Å². The number of nitrogens with two attached hydrogens (primary N) is 1. The summed E-state index contributed by atoms with van der Waals surface area (Å²) in [6.07, 6.45) is 3.04. The van der Waals surface area contributed by atoms with Gasteiger partial charge in [-0.1, -0.05) is 20.4 Å². The highest BCUT2D eigenvalue weighted by molar-refractivity contribution is 5.75. The van der Waals surface area contributed by atoms with Crippen molar-refractivity contribution in [1.82, 2.24) is 5.32 Å². The molecule has 1 atom stereocenters. The standard InChI is InChI=1S/C12H24N2O2/c1-9(2)8-12(16)14-7-5-4-6-11(13)10(3)15/h9,11,15H,3-8,13H2,1-2H3,(H,14,16). The number of carbonyl (C=O) groups is 1. The summed E-state index contributed by atoms with van der Waals surface area (Å²) in [6, 6.07) is -0.341. The van der Waals surface area contributed by atoms with Crippen LogP contribution in [0.5, 0.6) is 0 Å². The van der Waals surface area contributed by atoms with E-state index in [0.717, 1.165) is 12.8 Å². The van der Waals surface area contributed by atoms with Crippen molar-refractivity contribution in [3.05, 3.63) is 12.3 Å². The summed E-state index contributed by atoms with van der Waals surface area (Å²) in [5.41, 5.74) is 5.59. The van der Waals surface area contributed by atoms with E-state index < -0.39 is 0 Å². The van der Waals surface area contributed by atoms with Crippen molar-refractivity contribution < 1.29 is 9.90 Å². The second-order valence-corrected chi connectivity index (χ2v) is 4.54. The third-order valence-electron chi connectivity index (χ3n) is 2.29. The molecule has 16 heavy (non-hydrogen) atoms. The van der Waals surface area contributed by atoms with Gasteiger partial charge < -0.3 is 16.2 Å². The van der Waals surface area contributed by atoms with E-state index in [9.17, 15) is 4.79 Å². The minimum atomic E-state index is -0.341. The van der Waals surface area contributed by atoms with Gasteiger partial charge in [0.05, 0.1) is 6.04 Å². The number of amides is 1. The normalized spacial score (nSPS) is 12.5. The van der Waals surface area contributed by atoms with Crippen LogP contribution in [0.2, 0.25) is 0 Å². The van der Waals surface area contributed by atoms with Gasteiger partial charge in [0.2, 0.25) is 5.91 Å². The highest BCUT2D eigenvalue weighted by Gasteiger charge is 2.06. The summed E-state index contributed by atoms with van der Waals surface area (Å²) < 4.78 is 0. The summed E-state index contributed by atoms with van der Waals surface area (Å²) in [5.74, 6) is 0.529. The third kappa shape index (κ3) is 8.29. The maximum absolute atomic E-state index is 11.3. The maximum Gasteiger partial charge on any atom is 0.220 e. The quantitative estimate of drug-likeness (QED) is 0.437. The number of aliphatic hydroxyl groups is 1. The van der Waals surface area contributed by atoms with Crippen LogP contribution in [0.1, 0.15) is 39.5 Å². The molecule has 0 aliphatic rings. The van der Waals surface area contributed by atoms with E-state index in [-0.39, 0.29) is 17.7 Å². The first kappa shape index (κ1) is 15.0. The van der Waals surface area contributed by atoms with Crippen LogP contribution in [-0.4, -0.2) is 23.6 Å². The van der Waals surface area contributed by atoms with Gasteiger partial charge in [0.25, 0.3) is 0 Å². The molecule has 0 aromatic carbocycles. The van der Waals surface area contributed by atoms with E-state index in [1.54, 1.807) is 0 Å². The first-order valence-electron chi connectivity index (χ1n) is 5.83. The van der Waals surface area contributed by atoms with E-state index in [4.69, 9.17) is 10.8 Å². The molecule has 0 aromatic rings. The summed E-state index contributed by atoms with van der Waals surface area (Å²) in [6.45, 7) is 8.09. The zero-order chi connectivity index (χ0) is 12.6. The molecule has 0 aromatic heterocycles. The number of aliphatic hydroxyl groups excluding tert-OH is 1. The topological polar surface area (TPSA) is 75.3 Å². The van der Waals surface area contributed by atoms with Gasteiger partial charge in [-0.15, -0.1) is 0 Å². The lowest BCUT2D eigenvalue weighted by molar-refractivity contribution is -0.121. The van der Waals surface area contributed by atoms with Gasteiger partial charge in [0.1, 0.15) is 5.76 Å². The van der Waals surface area contributed by atoms with Gasteiger partial charge in [0.15, 0.2) is 0 Å². The Kier molecular flexibility index (Phi) is 7.64. The monoisotopic (exact) mass is 228 g/mol. The zero-order valence-electron chi connectivity index (χ0n) is 10.3. The number of carbonyl (C=O) groups excluding carboxylic acids is 1. The lowest BCUT2D eigenvalue weighted by atomic mass is 10.1. The number of hydrogen-bond acceptors (Lipinski definition) is 3. The molecule has 0 rings (SSSR count). The van der Waals surface area contributed by atoms with Crippen molar-refractivity contribution in [2.24, 2.45) is 11.7 Å². The fraction of sp³-hybridized carbons (Fsp3) is 0.750. The smallest absolute Gasteiger partial charge is 0.220 e. The van der Waals surface area contributed by atoms with Crippen LogP contribution >= 0.6 is 0 Å². The molecule has 0 radical (unpaired) electrons. The minimum Gasteiger partial charge on any atom is -0.511 e. The first-order chi connectivity index (χ1) is 7.43. The SMILES string of the molecule is C=C(O)C(N)CCCCNC(=O)CC(C)C. The fourth-order valence-electron chi connectivity index (χ4n) is 1.33. The minimum absolute atomic E-state index is 0.0313. The Balaban J connectivity index is 3.40. The molecule has 4 heteroatoms. The molecule has 0 fully saturated rings. The maximum atomic E-state index is 11.3. The summed E-state index contributed by atoms with van der Waals surface area (Å²) in [4.78, 5) is 11.3. The highest BCUT2D eigenvalue weighted by atomic mass is 16.3. The van der Waals surface area contributed by atoms with Crippen LogP contribution in [0, 0.1) is 5.92 Å². The molecule has 1 amide bonds. The number of unbranched alkanes of at least 4 members (excludes halogenated alkanes) is 1. The van der Waals surface area contributed by atoms with Gasteiger partial charge >= 0.3 is 0 Å². The van der Waals surface area contributed by atoms with E-state index in [2.05, 4.69) is 11.9 Å². The Morgan fingerprint density at radius 2 is 2.06 bits per heavy atom. The predicted octanol–water partition coefficient (Wildman–Crippen LogP) is 1.72. The molecular formula is C12H24N2O2. The van der Waals surface area contributed by atoms with Crippen molar-refractivity contribution >= 4 is 5.91 Å². The van der Waals surface area contributed by atoms with Gasteiger partial charge in [-0.25, -0.2) is 0 Å². The molecule has 94 valence electrons. The van der Waals surface area contributed by atoms with Gasteiger partial charge in [-0.05, 0) is 25.2 Å². The third-order valence-corrected chi connectivity index (χ3v) is 2.29. The van der Waals surface area contributed by atoms with Gasteiger partial charge in [0, 0.05) is 13.0 Å². The van der Waals surface area contributed by atoms with Crippen LogP contribution in [0.3, 0.4) is 0 Å². The summed E-state index contributed by atoms with van der Waals surface area (Å²) in [5, 5.41) is 11.8. The summed E-state index contributed by atoms with van der Waals surface area (Å²) in [7, 11) is 0. The van der Waals surface area contributed by atoms with E-state index in [1.165, 1.54) is 0 Å². The average molecular weight is 228 g/mol. The Bertz CT molecular complexity index is 227. The lowest BCUT2D eigenvalue weighted by Gasteiger charge is -2.10. The van der Waals surface area contributed by atoms with Crippen LogP contribution in [0.15, 0.2) is 12.3 Å². The molecule has 4 N–H and O–H groups in total. The first-order valence-corrected chi connectivity index (χ1v) is 5.83. The Hall–Kier alpha value is -1.03. The molecule has 0 saturated heterocycles. The molecule has 0 aliphatic carbocycles. The Morgan fingerprint density at radius 1 is 1.44 bits per heavy atom. The molecule has 4 nitrogen and oxygen atoms in total. The Morgan fingerprint density at radius 3 is 2.56 bits per heavy atom. The van der Waals surface area contributed by atoms with Crippen molar-refractivity contribution in [3.8, 4) is 0 Å². The van der Waals surface area contributed by atoms with Gasteiger partial charge in [-0.2, -0.15) is 0 Å². The second kappa shape index (κ2) is 8.16. The zero-order valence-corrected chi connectivity index (χ0v) is 10.3. The second-order valence-electron chi connectivity index (χ2n) is 4.54. The molecule has 0 aliphatic heterocycles. The molecule has 1 unspecified atom stereocenters. The van der Waals surface area contributed by atoms with Crippen LogP contribution in [0.25, 0.3) is 0 Å². The summed E-state index contributed by atoms with van der Waals surface area (Å²) >= 11 is 0. The van der Waals surface area contributed by atoms with E-state index in [0.29, 0.717) is 25.3 Å². The molecule has 0 heterocycles. The molecule has 0 bridgehead atoms. The van der Waals surface area contributed by atoms with Crippen molar-refractivity contribution in [1.29, 1.82) is 0 Å². The number of rotatable bonds is 8. The van der Waals surface area contributed by atoms with Crippen molar-refractivity contribution in [3.63, 3.8) is 0 Å². The average Bonchev–Trinajstić information content (AvgIpc) is 2.15. The van der Waals surface area contributed by atoms with Gasteiger partial charge in [-0.3, -0.25) is 4.79 Å². The van der Waals surface area contributed by atoms with Crippen molar-refractivity contribution in [2.45, 2.75) is 45.6 Å². The highest BCUT2D eigenvalue weighted by Crippen LogP contribution is 2.03. The van der Waals surface area contributed by atoms with E-state index in [1.807, 2.05) is 13.8 Å². The number of nitrogens with one attached hydrogen (secondary N) is 1. The predicted molar refractivity (Wildman–Crippen MR) is 66.1 cm³/mol. The van der Waals surface area contributed by atoms with E-state index >= 15 is 0 Å². The van der Waals surface area contributed by atoms with Crippen LogP contribution in [-0.2, 0) is 4.79 Å². The fourth-order valence-corrected chi connectivity index (χ4v) is 1.33. The lowest BCUT2D eigenvalue weighted by Crippen LogP contribution is -2.26. The van der Waals surface area contributed by atoms with Crippen molar-refractivity contribution in [2.75, 3.05) is 6.54 Å². The molecule has 0 saturated carbocycles. The largest absolute Gasteiger partial charge is 0.511 e.